The van der Waals surface area contributed by atoms with Crippen molar-refractivity contribution in [3.63, 3.8) is 0 Å². The molecular formula is C18H36N2O. The normalized spacial score (nSPS) is 38.9. The van der Waals surface area contributed by atoms with Gasteiger partial charge in [0, 0.05) is 25.7 Å². The molecule has 1 atom stereocenters. The van der Waals surface area contributed by atoms with Crippen LogP contribution in [-0.4, -0.2) is 47.8 Å². The van der Waals surface area contributed by atoms with Crippen molar-refractivity contribution in [1.29, 1.82) is 0 Å². The summed E-state index contributed by atoms with van der Waals surface area (Å²) in [6.07, 6.45) is 7.50. The minimum atomic E-state index is -0.479. The maximum absolute atomic E-state index is 10.4. The van der Waals surface area contributed by atoms with E-state index in [4.69, 9.17) is 0 Å². The van der Waals surface area contributed by atoms with Gasteiger partial charge in [-0.05, 0) is 50.5 Å². The van der Waals surface area contributed by atoms with E-state index < -0.39 is 5.60 Å². The van der Waals surface area contributed by atoms with E-state index in [2.05, 4.69) is 31.0 Å². The number of nitrogens with zero attached hydrogens (tertiary/aromatic N) is 1. The smallest absolute Gasteiger partial charge is 0.0746 e. The molecule has 1 aliphatic carbocycles. The van der Waals surface area contributed by atoms with Crippen LogP contribution >= 0.6 is 0 Å². The molecule has 1 unspecified atom stereocenters. The lowest BCUT2D eigenvalue weighted by molar-refractivity contribution is -0.0347. The molecule has 21 heavy (non-hydrogen) atoms. The van der Waals surface area contributed by atoms with Crippen LogP contribution in [0.4, 0.5) is 0 Å². The van der Waals surface area contributed by atoms with Crippen molar-refractivity contribution >= 4 is 0 Å². The van der Waals surface area contributed by atoms with Crippen LogP contribution in [0.2, 0.25) is 0 Å². The minimum absolute atomic E-state index is 0.421. The summed E-state index contributed by atoms with van der Waals surface area (Å²) >= 11 is 0. The van der Waals surface area contributed by atoms with E-state index in [1.807, 2.05) is 6.92 Å². The topological polar surface area (TPSA) is 35.5 Å². The molecule has 2 rings (SSSR count). The third-order valence-corrected chi connectivity index (χ3v) is 5.53. The second-order valence-electron chi connectivity index (χ2n) is 8.53. The zero-order valence-corrected chi connectivity index (χ0v) is 14.6. The Morgan fingerprint density at radius 3 is 2.48 bits per heavy atom. The van der Waals surface area contributed by atoms with Crippen LogP contribution < -0.4 is 5.32 Å². The number of nitrogens with one attached hydrogen (secondary N) is 1. The summed E-state index contributed by atoms with van der Waals surface area (Å²) in [7, 11) is 0. The molecule has 2 fully saturated rings. The van der Waals surface area contributed by atoms with Gasteiger partial charge in [0.05, 0.1) is 5.60 Å². The number of β-amino-alcohol motifs (C(OH)–C–C–N with tert-alkyl or cyclic N) is 1. The third-order valence-electron chi connectivity index (χ3n) is 5.53. The van der Waals surface area contributed by atoms with Crippen LogP contribution in [0.25, 0.3) is 0 Å². The zero-order chi connectivity index (χ0) is 15.5. The van der Waals surface area contributed by atoms with Gasteiger partial charge in [0.15, 0.2) is 0 Å². The van der Waals surface area contributed by atoms with E-state index in [1.165, 1.54) is 25.7 Å². The summed E-state index contributed by atoms with van der Waals surface area (Å²) in [6, 6.07) is 0.561. The van der Waals surface area contributed by atoms with Gasteiger partial charge in [0.25, 0.3) is 0 Å². The number of likely N-dealkylation sites (tertiary alicyclic amines) is 1. The number of piperidine rings is 1. The van der Waals surface area contributed by atoms with Gasteiger partial charge < -0.3 is 10.4 Å². The molecular weight excluding hydrogens is 260 g/mol. The van der Waals surface area contributed by atoms with Gasteiger partial charge in [-0.25, -0.2) is 0 Å². The Morgan fingerprint density at radius 2 is 1.90 bits per heavy atom. The van der Waals surface area contributed by atoms with Crippen molar-refractivity contribution in [3.05, 3.63) is 0 Å². The summed E-state index contributed by atoms with van der Waals surface area (Å²) in [5.41, 5.74) is -0.0585. The third kappa shape index (κ3) is 5.22. The molecule has 0 bridgehead atoms. The molecule has 2 aliphatic rings. The van der Waals surface area contributed by atoms with Crippen LogP contribution in [0.3, 0.4) is 0 Å². The summed E-state index contributed by atoms with van der Waals surface area (Å²) in [5, 5.41) is 14.1. The predicted molar refractivity (Wildman–Crippen MR) is 89.5 cm³/mol. The average molecular weight is 296 g/mol. The van der Waals surface area contributed by atoms with E-state index >= 15 is 0 Å². The maximum Gasteiger partial charge on any atom is 0.0746 e. The van der Waals surface area contributed by atoms with E-state index in [1.54, 1.807) is 0 Å². The Balaban J connectivity index is 1.98. The van der Waals surface area contributed by atoms with Crippen LogP contribution in [0.5, 0.6) is 0 Å². The summed E-state index contributed by atoms with van der Waals surface area (Å²) < 4.78 is 0. The van der Waals surface area contributed by atoms with Crippen molar-refractivity contribution in [1.82, 2.24) is 10.2 Å². The molecule has 1 aliphatic heterocycles. The first-order chi connectivity index (χ1) is 9.80. The van der Waals surface area contributed by atoms with Crippen LogP contribution in [-0.2, 0) is 0 Å². The van der Waals surface area contributed by atoms with Crippen molar-refractivity contribution in [2.24, 2.45) is 11.3 Å². The lowest BCUT2D eigenvalue weighted by Gasteiger charge is -2.46. The van der Waals surface area contributed by atoms with Crippen molar-refractivity contribution in [2.45, 2.75) is 77.9 Å². The van der Waals surface area contributed by atoms with Gasteiger partial charge in [0.2, 0.25) is 0 Å². The first-order valence-electron chi connectivity index (χ1n) is 8.98. The van der Waals surface area contributed by atoms with Crippen LogP contribution in [0.1, 0.15) is 66.2 Å². The lowest BCUT2D eigenvalue weighted by atomic mass is 9.70. The second-order valence-corrected chi connectivity index (χ2v) is 8.53. The highest BCUT2D eigenvalue weighted by atomic mass is 16.3. The highest BCUT2D eigenvalue weighted by Gasteiger charge is 2.38. The number of rotatable bonds is 5. The van der Waals surface area contributed by atoms with E-state index in [0.29, 0.717) is 11.5 Å². The molecule has 1 saturated carbocycles. The summed E-state index contributed by atoms with van der Waals surface area (Å²) in [5.74, 6) is 0.890. The first-order valence-corrected chi connectivity index (χ1v) is 8.98. The molecule has 0 aromatic carbocycles. The lowest BCUT2D eigenvalue weighted by Crippen LogP contribution is -2.53. The number of aliphatic hydroxyl groups is 1. The molecule has 3 nitrogen and oxygen atoms in total. The molecule has 2 N–H and O–H groups in total. The fourth-order valence-electron chi connectivity index (χ4n) is 4.12. The molecule has 0 aromatic heterocycles. The van der Waals surface area contributed by atoms with Gasteiger partial charge >= 0.3 is 0 Å². The van der Waals surface area contributed by atoms with E-state index in [-0.39, 0.29) is 0 Å². The van der Waals surface area contributed by atoms with E-state index in [9.17, 15) is 5.11 Å². The minimum Gasteiger partial charge on any atom is -0.389 e. The van der Waals surface area contributed by atoms with Gasteiger partial charge in [-0.3, -0.25) is 4.90 Å². The average Bonchev–Trinajstić information content (AvgIpc) is 2.39. The van der Waals surface area contributed by atoms with Crippen molar-refractivity contribution in [3.8, 4) is 0 Å². The molecule has 124 valence electrons. The predicted octanol–water partition coefficient (Wildman–Crippen LogP) is 3.03. The van der Waals surface area contributed by atoms with Gasteiger partial charge in [-0.15, -0.1) is 0 Å². The van der Waals surface area contributed by atoms with Crippen LogP contribution in [0, 0.1) is 11.3 Å². The van der Waals surface area contributed by atoms with Crippen LogP contribution in [0.15, 0.2) is 0 Å². The zero-order valence-electron chi connectivity index (χ0n) is 14.6. The second kappa shape index (κ2) is 6.97. The number of hydrogen-bond acceptors (Lipinski definition) is 3. The fraction of sp³-hybridized carbons (Fsp3) is 1.00. The van der Waals surface area contributed by atoms with Gasteiger partial charge in [0.1, 0.15) is 0 Å². The Hall–Kier alpha value is -0.120. The van der Waals surface area contributed by atoms with Crippen molar-refractivity contribution in [2.75, 3.05) is 26.2 Å². The maximum atomic E-state index is 10.4. The fourth-order valence-corrected chi connectivity index (χ4v) is 4.12. The standard InChI is InChI=1S/C18H36N2O/c1-15(2)19-12-18(9-6-16(3)7-10-18)14-20-11-5-8-17(4,21)13-20/h15-16,19,21H,5-14H2,1-4H3. The van der Waals surface area contributed by atoms with E-state index in [0.717, 1.165) is 44.9 Å². The monoisotopic (exact) mass is 296 g/mol. The molecule has 1 saturated heterocycles. The largest absolute Gasteiger partial charge is 0.389 e. The molecule has 0 amide bonds. The highest BCUT2D eigenvalue weighted by molar-refractivity contribution is 4.92. The summed E-state index contributed by atoms with van der Waals surface area (Å²) in [4.78, 5) is 2.53. The SMILES string of the molecule is CC1CCC(CNC(C)C)(CN2CCCC(C)(O)C2)CC1. The Bertz CT molecular complexity index is 319. The highest BCUT2D eigenvalue weighted by Crippen LogP contribution is 2.40. The molecule has 1 heterocycles. The Labute approximate surface area is 131 Å². The Kier molecular flexibility index (Phi) is 5.72. The Morgan fingerprint density at radius 1 is 1.24 bits per heavy atom. The quantitative estimate of drug-likeness (QED) is 0.818. The molecule has 0 spiro atoms. The first kappa shape index (κ1) is 17.2. The summed E-state index contributed by atoms with van der Waals surface area (Å²) in [6.45, 7) is 13.2. The van der Waals surface area contributed by atoms with Gasteiger partial charge in [-0.2, -0.15) is 0 Å². The number of hydrogen-bond donors (Lipinski definition) is 2. The van der Waals surface area contributed by atoms with Crippen molar-refractivity contribution < 1.29 is 5.11 Å². The molecule has 0 aromatic rings. The molecule has 0 radical (unpaired) electrons. The molecule has 3 heteroatoms. The van der Waals surface area contributed by atoms with Gasteiger partial charge in [-0.1, -0.05) is 33.6 Å².